The summed E-state index contributed by atoms with van der Waals surface area (Å²) in [5.74, 6) is 0.935. The van der Waals surface area contributed by atoms with Gasteiger partial charge >= 0.3 is 0 Å². The van der Waals surface area contributed by atoms with E-state index in [4.69, 9.17) is 47.6 Å². The third kappa shape index (κ3) is 6.45. The number of aromatic nitrogens is 4. The summed E-state index contributed by atoms with van der Waals surface area (Å²) in [4.78, 5) is 32.7. The lowest BCUT2D eigenvalue weighted by Gasteiger charge is -2.57. The van der Waals surface area contributed by atoms with Gasteiger partial charge in [0.05, 0.1) is 54.2 Å². The molecule has 0 radical (unpaired) electrons. The summed E-state index contributed by atoms with van der Waals surface area (Å²) in [5.41, 5.74) is 5.69. The average molecular weight is 691 g/mol. The summed E-state index contributed by atoms with van der Waals surface area (Å²) < 4.78 is 11.2. The van der Waals surface area contributed by atoms with Crippen molar-refractivity contribution in [3.63, 3.8) is 0 Å². The van der Waals surface area contributed by atoms with Crippen molar-refractivity contribution in [1.82, 2.24) is 35.5 Å². The molecule has 2 aromatic carbocycles. The molecular weight excluding hydrogens is 653 g/mol. The number of ether oxygens (including phenoxy) is 2. The van der Waals surface area contributed by atoms with Gasteiger partial charge in [0.1, 0.15) is 11.4 Å². The van der Waals surface area contributed by atoms with E-state index in [9.17, 15) is 9.90 Å². The molecule has 1 unspecified atom stereocenters. The Balaban J connectivity index is 1.10. The first-order valence-electron chi connectivity index (χ1n) is 16.0. The molecule has 250 valence electrons. The van der Waals surface area contributed by atoms with Crippen LogP contribution in [0.25, 0.3) is 33.6 Å². The summed E-state index contributed by atoms with van der Waals surface area (Å²) in [6.45, 7) is 3.62. The van der Waals surface area contributed by atoms with Crippen LogP contribution in [-0.4, -0.2) is 81.8 Å². The van der Waals surface area contributed by atoms with Gasteiger partial charge in [-0.05, 0) is 19.3 Å². The van der Waals surface area contributed by atoms with Gasteiger partial charge in [0.2, 0.25) is 17.7 Å². The molecule has 4 aromatic rings. The number of carbonyl (C=O) groups excluding carboxylic acids is 1. The number of carbonyl (C=O) groups is 1. The molecule has 1 amide bonds. The molecular formula is C35H37Cl2N7O4. The molecule has 1 spiro atoms. The fourth-order valence-corrected chi connectivity index (χ4v) is 7.75. The highest BCUT2D eigenvalue weighted by molar-refractivity contribution is 6.39. The number of nitrogens with zero attached hydrogens (tertiary/aromatic N) is 5. The van der Waals surface area contributed by atoms with E-state index in [0.29, 0.717) is 76.1 Å². The Morgan fingerprint density at radius 3 is 2.02 bits per heavy atom. The molecule has 3 aliphatic rings. The summed E-state index contributed by atoms with van der Waals surface area (Å²) >= 11 is 14.1. The van der Waals surface area contributed by atoms with Gasteiger partial charge in [-0.2, -0.15) is 0 Å². The van der Waals surface area contributed by atoms with E-state index in [0.717, 1.165) is 49.2 Å². The summed E-state index contributed by atoms with van der Waals surface area (Å²) in [7, 11) is 3.15. The van der Waals surface area contributed by atoms with E-state index in [2.05, 4.69) is 20.5 Å². The molecule has 1 atom stereocenters. The lowest BCUT2D eigenvalue weighted by Crippen LogP contribution is -2.63. The van der Waals surface area contributed by atoms with E-state index in [-0.39, 0.29) is 23.5 Å². The first-order valence-corrected chi connectivity index (χ1v) is 16.8. The van der Waals surface area contributed by atoms with E-state index in [1.54, 1.807) is 26.6 Å². The van der Waals surface area contributed by atoms with E-state index in [1.165, 1.54) is 0 Å². The first-order chi connectivity index (χ1) is 23.3. The maximum Gasteiger partial charge on any atom is 0.237 e. The number of rotatable bonds is 11. The fourth-order valence-electron chi connectivity index (χ4n) is 7.11. The van der Waals surface area contributed by atoms with Gasteiger partial charge in [0.15, 0.2) is 0 Å². The lowest BCUT2D eigenvalue weighted by molar-refractivity contribution is -0.131. The third-order valence-electron chi connectivity index (χ3n) is 9.45. The second-order valence-electron chi connectivity index (χ2n) is 12.9. The summed E-state index contributed by atoms with van der Waals surface area (Å²) in [5, 5.41) is 17.0. The normalized spacial score (nSPS) is 18.8. The quantitative estimate of drug-likeness (QED) is 0.199. The van der Waals surface area contributed by atoms with Crippen LogP contribution in [0.3, 0.4) is 0 Å². The number of aliphatic hydroxyl groups excluding tert-OH is 1. The topological polar surface area (TPSA) is 135 Å². The molecule has 11 nitrogen and oxygen atoms in total. The number of halogens is 2. The first kappa shape index (κ1) is 32.7. The molecule has 48 heavy (non-hydrogen) atoms. The minimum atomic E-state index is -0.157. The predicted octanol–water partition coefficient (Wildman–Crippen LogP) is 4.92. The van der Waals surface area contributed by atoms with Gasteiger partial charge in [0, 0.05) is 72.9 Å². The molecule has 4 heterocycles. The molecule has 1 aliphatic carbocycles. The maximum absolute atomic E-state index is 11.5. The Hall–Kier alpha value is -3.87. The number of hydrogen-bond acceptors (Lipinski definition) is 10. The minimum absolute atomic E-state index is 0.0846. The Morgan fingerprint density at radius 2 is 1.48 bits per heavy atom. The molecule has 3 fully saturated rings. The maximum atomic E-state index is 11.5. The Bertz CT molecular complexity index is 1840. The molecule has 0 bridgehead atoms. The summed E-state index contributed by atoms with van der Waals surface area (Å²) in [6, 6.07) is 11.5. The van der Waals surface area contributed by atoms with Crippen LogP contribution in [0.1, 0.15) is 37.1 Å². The van der Waals surface area contributed by atoms with Crippen molar-refractivity contribution in [3.8, 4) is 45.4 Å². The van der Waals surface area contributed by atoms with Crippen molar-refractivity contribution < 1.29 is 19.4 Å². The van der Waals surface area contributed by atoms with Crippen LogP contribution >= 0.6 is 23.2 Å². The van der Waals surface area contributed by atoms with Crippen LogP contribution in [0, 0.1) is 5.41 Å². The largest absolute Gasteiger partial charge is 0.480 e. The fraction of sp³-hybridized carbons (Fsp3) is 0.400. The van der Waals surface area contributed by atoms with Crippen LogP contribution in [0.4, 0.5) is 0 Å². The van der Waals surface area contributed by atoms with Crippen molar-refractivity contribution in [3.05, 3.63) is 70.2 Å². The summed E-state index contributed by atoms with van der Waals surface area (Å²) in [6.07, 6.45) is 6.38. The van der Waals surface area contributed by atoms with E-state index in [1.807, 2.05) is 36.4 Å². The van der Waals surface area contributed by atoms with Gasteiger partial charge in [0.25, 0.3) is 0 Å². The van der Waals surface area contributed by atoms with Crippen molar-refractivity contribution in [2.24, 2.45) is 5.41 Å². The Morgan fingerprint density at radius 1 is 0.917 bits per heavy atom. The minimum Gasteiger partial charge on any atom is -0.480 e. The average Bonchev–Trinajstić information content (AvgIpc) is 3.48. The van der Waals surface area contributed by atoms with Crippen LogP contribution in [0.15, 0.2) is 48.8 Å². The molecule has 1 saturated carbocycles. The van der Waals surface area contributed by atoms with Crippen molar-refractivity contribution in [1.29, 1.82) is 0 Å². The highest BCUT2D eigenvalue weighted by Gasteiger charge is 2.51. The SMILES string of the molecule is COc1nc(-c2cccc(-c3cccc(-c4cnc(CN5CC6(CC(O)C6)C5)c(OC)n4)c3Cl)c2Cl)cnc1CNCC1CCC(=O)N1. The van der Waals surface area contributed by atoms with Gasteiger partial charge in [-0.25, -0.2) is 9.97 Å². The molecule has 2 aromatic heterocycles. The van der Waals surface area contributed by atoms with E-state index < -0.39 is 0 Å². The van der Waals surface area contributed by atoms with Gasteiger partial charge < -0.3 is 25.2 Å². The van der Waals surface area contributed by atoms with Crippen LogP contribution in [0.2, 0.25) is 10.0 Å². The molecule has 2 saturated heterocycles. The van der Waals surface area contributed by atoms with Crippen molar-refractivity contribution in [2.45, 2.75) is 50.9 Å². The van der Waals surface area contributed by atoms with Crippen molar-refractivity contribution >= 4 is 29.1 Å². The Kier molecular flexibility index (Phi) is 9.23. The number of nitrogens with one attached hydrogen (secondary N) is 2. The number of aliphatic hydroxyl groups is 1. The number of methoxy groups -OCH3 is 2. The molecule has 2 aliphatic heterocycles. The predicted molar refractivity (Wildman–Crippen MR) is 183 cm³/mol. The molecule has 7 rings (SSSR count). The van der Waals surface area contributed by atoms with Crippen molar-refractivity contribution in [2.75, 3.05) is 33.9 Å². The second-order valence-corrected chi connectivity index (χ2v) is 13.7. The van der Waals surface area contributed by atoms with E-state index >= 15 is 0 Å². The zero-order chi connectivity index (χ0) is 33.4. The number of amides is 1. The monoisotopic (exact) mass is 689 g/mol. The zero-order valence-corrected chi connectivity index (χ0v) is 28.3. The van der Waals surface area contributed by atoms with Crippen LogP contribution in [-0.2, 0) is 17.9 Å². The number of likely N-dealkylation sites (tertiary alicyclic amines) is 1. The standard InChI is InChI=1S/C35H37Cl2N7O4/c1-47-33-28(14-38-13-20-9-10-30(46)41-20)39-15-26(42-33)24-7-3-5-22(31(24)36)23-6-4-8-25(32(23)37)27-16-40-29(34(43-27)48-2)17-44-18-35(19-44)11-21(45)12-35/h3-8,15-16,20-21,38,45H,9-14,17-19H2,1-2H3,(H,41,46). The zero-order valence-electron chi connectivity index (χ0n) is 26.8. The molecule has 13 heteroatoms. The van der Waals surface area contributed by atoms with Crippen LogP contribution in [0.5, 0.6) is 11.8 Å². The second kappa shape index (κ2) is 13.6. The third-order valence-corrected chi connectivity index (χ3v) is 10.3. The van der Waals surface area contributed by atoms with Gasteiger partial charge in [-0.3, -0.25) is 19.7 Å². The highest BCUT2D eigenvalue weighted by atomic mass is 35.5. The van der Waals surface area contributed by atoms with Crippen LogP contribution < -0.4 is 20.1 Å². The molecule has 3 N–H and O–H groups in total. The smallest absolute Gasteiger partial charge is 0.237 e. The van der Waals surface area contributed by atoms with Gasteiger partial charge in [-0.15, -0.1) is 0 Å². The highest BCUT2D eigenvalue weighted by Crippen LogP contribution is 2.49. The Labute approximate surface area is 289 Å². The number of benzene rings is 2. The number of hydrogen-bond donors (Lipinski definition) is 3. The van der Waals surface area contributed by atoms with Gasteiger partial charge in [-0.1, -0.05) is 59.6 Å². The lowest BCUT2D eigenvalue weighted by atomic mass is 9.62.